The zero-order chi connectivity index (χ0) is 16.5. The third kappa shape index (κ3) is 2.74. The van der Waals surface area contributed by atoms with Crippen molar-refractivity contribution in [2.45, 2.75) is 39.9 Å². The first-order chi connectivity index (χ1) is 11.0. The molecule has 0 saturated heterocycles. The van der Waals surface area contributed by atoms with Gasteiger partial charge in [-0.25, -0.2) is 0 Å². The molecule has 2 aromatic carbocycles. The summed E-state index contributed by atoms with van der Waals surface area (Å²) in [5.74, 6) is 0.981. The number of benzene rings is 2. The molecule has 1 heterocycles. The number of hydrogen-bond donors (Lipinski definition) is 0. The monoisotopic (exact) mass is 308 g/mol. The molecule has 23 heavy (non-hydrogen) atoms. The average molecular weight is 308 g/mol. The first-order valence-electron chi connectivity index (χ1n) is 8.20. The molecule has 2 aromatic rings. The lowest BCUT2D eigenvalue weighted by Crippen LogP contribution is -2.30. The van der Waals surface area contributed by atoms with Gasteiger partial charge in [0.1, 0.15) is 11.5 Å². The van der Waals surface area contributed by atoms with Gasteiger partial charge in [-0.05, 0) is 0 Å². The zero-order valence-corrected chi connectivity index (χ0v) is 14.3. The lowest BCUT2D eigenvalue weighted by atomic mass is 9.92. The van der Waals surface area contributed by atoms with E-state index in [9.17, 15) is 0 Å². The molecule has 0 fully saturated rings. The van der Waals surface area contributed by atoms with Gasteiger partial charge in [0, 0.05) is 23.0 Å². The second kappa shape index (κ2) is 5.77. The topological polar surface area (TPSA) is 18.5 Å². The Hall–Kier alpha value is -2.22. The Bertz CT molecular complexity index is 654. The van der Waals surface area contributed by atoms with E-state index in [0.717, 1.165) is 29.1 Å². The highest BCUT2D eigenvalue weighted by atomic mass is 16.7. The fourth-order valence-corrected chi connectivity index (χ4v) is 2.96. The average Bonchev–Trinajstić information content (AvgIpc) is 2.98. The molecule has 0 aromatic heterocycles. The Kier molecular flexibility index (Phi) is 3.93. The normalized spacial score (nSPS) is 16.9. The smallest absolute Gasteiger partial charge is 0.304 e. The minimum absolute atomic E-state index is 0.101. The molecule has 1 aliphatic heterocycles. The highest BCUT2D eigenvalue weighted by Crippen LogP contribution is 2.49. The van der Waals surface area contributed by atoms with Gasteiger partial charge in [0.05, 0.1) is 0 Å². The molecule has 2 heteroatoms. The fourth-order valence-electron chi connectivity index (χ4n) is 2.96. The highest BCUT2D eigenvalue weighted by Gasteiger charge is 2.48. The Balaban J connectivity index is 2.15. The molecule has 1 aliphatic rings. The molecule has 0 aliphatic carbocycles. The molecule has 2 nitrogen and oxygen atoms in total. The van der Waals surface area contributed by atoms with E-state index in [-0.39, 0.29) is 5.41 Å². The van der Waals surface area contributed by atoms with Crippen LogP contribution in [-0.2, 0) is 15.3 Å². The Morgan fingerprint density at radius 1 is 0.783 bits per heavy atom. The summed E-state index contributed by atoms with van der Waals surface area (Å²) in [6, 6.07) is 20.4. The predicted molar refractivity (Wildman–Crippen MR) is 92.6 cm³/mol. The quantitative estimate of drug-likeness (QED) is 0.734. The molecule has 120 valence electrons. The van der Waals surface area contributed by atoms with Gasteiger partial charge in [0.2, 0.25) is 0 Å². The van der Waals surface area contributed by atoms with Gasteiger partial charge in [-0.1, -0.05) is 88.4 Å². The molecular weight excluding hydrogens is 284 g/mol. The third-order valence-electron chi connectivity index (χ3n) is 4.08. The van der Waals surface area contributed by atoms with Crippen molar-refractivity contribution in [1.29, 1.82) is 0 Å². The van der Waals surface area contributed by atoms with Crippen LogP contribution in [0.4, 0.5) is 0 Å². The number of rotatable bonds is 3. The summed E-state index contributed by atoms with van der Waals surface area (Å²) >= 11 is 0. The standard InChI is InChI=1S/C21H24O2/c1-5-18-19(20(2,3)4)23-21(22-18,16-12-8-6-9-13-16)17-14-10-7-11-15-17/h6-15H,5H2,1-4H3. The molecule has 0 spiro atoms. The summed E-state index contributed by atoms with van der Waals surface area (Å²) in [7, 11) is 0. The molecule has 0 amide bonds. The van der Waals surface area contributed by atoms with Crippen molar-refractivity contribution in [2.24, 2.45) is 5.41 Å². The Labute approximate surface area is 138 Å². The molecule has 0 atom stereocenters. The zero-order valence-electron chi connectivity index (χ0n) is 14.3. The van der Waals surface area contributed by atoms with Gasteiger partial charge in [0.25, 0.3) is 0 Å². The van der Waals surface area contributed by atoms with Crippen molar-refractivity contribution in [3.63, 3.8) is 0 Å². The van der Waals surface area contributed by atoms with Crippen LogP contribution in [0.5, 0.6) is 0 Å². The Morgan fingerprint density at radius 2 is 1.26 bits per heavy atom. The summed E-state index contributed by atoms with van der Waals surface area (Å²) < 4.78 is 13.0. The molecule has 0 radical (unpaired) electrons. The van der Waals surface area contributed by atoms with Crippen molar-refractivity contribution in [3.05, 3.63) is 83.3 Å². The van der Waals surface area contributed by atoms with E-state index in [0.29, 0.717) is 0 Å². The van der Waals surface area contributed by atoms with Crippen molar-refractivity contribution >= 4 is 0 Å². The Morgan fingerprint density at radius 3 is 1.61 bits per heavy atom. The van der Waals surface area contributed by atoms with Crippen LogP contribution in [0.1, 0.15) is 45.2 Å². The van der Waals surface area contributed by atoms with Gasteiger partial charge in [-0.3, -0.25) is 0 Å². The third-order valence-corrected chi connectivity index (χ3v) is 4.08. The van der Waals surface area contributed by atoms with Crippen molar-refractivity contribution in [3.8, 4) is 0 Å². The maximum absolute atomic E-state index is 6.55. The SMILES string of the molecule is CCC1=C(C(C)(C)C)OC(c2ccccc2)(c2ccccc2)O1. The molecule has 0 saturated carbocycles. The van der Waals surface area contributed by atoms with E-state index >= 15 is 0 Å². The first kappa shape index (κ1) is 15.7. The molecule has 0 N–H and O–H groups in total. The second-order valence-electron chi connectivity index (χ2n) is 6.91. The van der Waals surface area contributed by atoms with E-state index in [4.69, 9.17) is 9.47 Å². The molecule has 0 bridgehead atoms. The van der Waals surface area contributed by atoms with Crippen molar-refractivity contribution < 1.29 is 9.47 Å². The van der Waals surface area contributed by atoms with Crippen LogP contribution >= 0.6 is 0 Å². The van der Waals surface area contributed by atoms with Gasteiger partial charge >= 0.3 is 5.79 Å². The van der Waals surface area contributed by atoms with Crippen molar-refractivity contribution in [2.75, 3.05) is 0 Å². The lowest BCUT2D eigenvalue weighted by molar-refractivity contribution is -0.134. The van der Waals surface area contributed by atoms with Gasteiger partial charge < -0.3 is 9.47 Å². The van der Waals surface area contributed by atoms with Crippen LogP contribution in [0, 0.1) is 5.41 Å². The van der Waals surface area contributed by atoms with Crippen LogP contribution in [-0.4, -0.2) is 0 Å². The largest absolute Gasteiger partial charge is 0.445 e. The summed E-state index contributed by atoms with van der Waals surface area (Å²) in [6.07, 6.45) is 0.814. The summed E-state index contributed by atoms with van der Waals surface area (Å²) in [5.41, 5.74) is 1.92. The van der Waals surface area contributed by atoms with E-state index in [1.165, 1.54) is 0 Å². The maximum Gasteiger partial charge on any atom is 0.304 e. The minimum atomic E-state index is -0.892. The lowest BCUT2D eigenvalue weighted by Gasteiger charge is -2.31. The summed E-state index contributed by atoms with van der Waals surface area (Å²) in [4.78, 5) is 0. The number of hydrogen-bond acceptors (Lipinski definition) is 2. The van der Waals surface area contributed by atoms with E-state index < -0.39 is 5.79 Å². The minimum Gasteiger partial charge on any atom is -0.445 e. The van der Waals surface area contributed by atoms with E-state index in [1.54, 1.807) is 0 Å². The van der Waals surface area contributed by atoms with Crippen LogP contribution in [0.25, 0.3) is 0 Å². The summed E-state index contributed by atoms with van der Waals surface area (Å²) in [6.45, 7) is 8.59. The highest BCUT2D eigenvalue weighted by molar-refractivity contribution is 5.37. The van der Waals surface area contributed by atoms with E-state index in [1.807, 2.05) is 36.4 Å². The predicted octanol–water partition coefficient (Wildman–Crippen LogP) is 5.60. The van der Waals surface area contributed by atoms with Crippen LogP contribution < -0.4 is 0 Å². The van der Waals surface area contributed by atoms with Crippen molar-refractivity contribution in [1.82, 2.24) is 0 Å². The summed E-state index contributed by atoms with van der Waals surface area (Å²) in [5, 5.41) is 0. The second-order valence-corrected chi connectivity index (χ2v) is 6.91. The number of allylic oxidation sites excluding steroid dienone is 2. The molecule has 3 rings (SSSR count). The van der Waals surface area contributed by atoms with Crippen LogP contribution in [0.3, 0.4) is 0 Å². The van der Waals surface area contributed by atoms with Crippen LogP contribution in [0.2, 0.25) is 0 Å². The van der Waals surface area contributed by atoms with Crippen LogP contribution in [0.15, 0.2) is 72.2 Å². The first-order valence-corrected chi connectivity index (χ1v) is 8.20. The van der Waals surface area contributed by atoms with Gasteiger partial charge in [-0.15, -0.1) is 0 Å². The maximum atomic E-state index is 6.55. The van der Waals surface area contributed by atoms with E-state index in [2.05, 4.69) is 52.0 Å². The molecular formula is C21H24O2. The van der Waals surface area contributed by atoms with Gasteiger partial charge in [0.15, 0.2) is 0 Å². The number of ether oxygens (including phenoxy) is 2. The fraction of sp³-hybridized carbons (Fsp3) is 0.333. The molecule has 0 unspecified atom stereocenters. The van der Waals surface area contributed by atoms with Gasteiger partial charge in [-0.2, -0.15) is 0 Å².